The Morgan fingerprint density at radius 1 is 1.33 bits per heavy atom. The molecule has 2 aromatic rings. The van der Waals surface area contributed by atoms with Gasteiger partial charge in [0.1, 0.15) is 28.6 Å². The normalized spacial score (nSPS) is 10.2. The number of hydrogen-bond acceptors (Lipinski definition) is 6. The third kappa shape index (κ3) is 2.76. The zero-order valence-electron chi connectivity index (χ0n) is 12.1. The van der Waals surface area contributed by atoms with Crippen LogP contribution in [0.3, 0.4) is 0 Å². The molecule has 2 N–H and O–H groups in total. The largest absolute Gasteiger partial charge is 0.497 e. The Morgan fingerprint density at radius 3 is 2.71 bits per heavy atom. The molecule has 1 aromatic heterocycles. The van der Waals surface area contributed by atoms with E-state index >= 15 is 0 Å². The Hall–Kier alpha value is -2.70. The molecule has 0 saturated heterocycles. The SMILES string of the molecule is CCOC(=O)c1cnn(-c2cc(OC)ccc2OC)c1N. The summed E-state index contributed by atoms with van der Waals surface area (Å²) in [6.45, 7) is 2.00. The van der Waals surface area contributed by atoms with Crippen LogP contribution in [0, 0.1) is 0 Å². The van der Waals surface area contributed by atoms with Gasteiger partial charge in [-0.1, -0.05) is 0 Å². The van der Waals surface area contributed by atoms with E-state index in [0.29, 0.717) is 17.2 Å². The summed E-state index contributed by atoms with van der Waals surface area (Å²) in [5, 5.41) is 4.13. The molecule has 0 aliphatic heterocycles. The number of nitrogen functional groups attached to an aromatic ring is 1. The third-order valence-corrected chi connectivity index (χ3v) is 2.92. The van der Waals surface area contributed by atoms with E-state index in [1.165, 1.54) is 18.0 Å². The Labute approximate surface area is 122 Å². The van der Waals surface area contributed by atoms with Gasteiger partial charge in [-0.05, 0) is 19.1 Å². The highest BCUT2D eigenvalue weighted by Gasteiger charge is 2.19. The number of carbonyl (C=O) groups is 1. The number of hydrogen-bond donors (Lipinski definition) is 1. The van der Waals surface area contributed by atoms with E-state index in [2.05, 4.69) is 5.10 Å². The molecule has 0 atom stereocenters. The predicted molar refractivity (Wildman–Crippen MR) is 77.0 cm³/mol. The van der Waals surface area contributed by atoms with Crippen LogP contribution in [0.25, 0.3) is 5.69 Å². The fourth-order valence-electron chi connectivity index (χ4n) is 1.88. The van der Waals surface area contributed by atoms with Crippen LogP contribution in [0.1, 0.15) is 17.3 Å². The fraction of sp³-hybridized carbons (Fsp3) is 0.286. The van der Waals surface area contributed by atoms with Crippen LogP contribution in [0.4, 0.5) is 5.82 Å². The molecular weight excluding hydrogens is 274 g/mol. The highest BCUT2D eigenvalue weighted by molar-refractivity contribution is 5.94. The van der Waals surface area contributed by atoms with E-state index < -0.39 is 5.97 Å². The molecule has 0 amide bonds. The Kier molecular flexibility index (Phi) is 4.32. The average Bonchev–Trinajstić information content (AvgIpc) is 2.88. The van der Waals surface area contributed by atoms with Gasteiger partial charge in [0.2, 0.25) is 0 Å². The number of carbonyl (C=O) groups excluding carboxylic acids is 1. The lowest BCUT2D eigenvalue weighted by Gasteiger charge is -2.11. The summed E-state index contributed by atoms with van der Waals surface area (Å²) in [4.78, 5) is 11.8. The van der Waals surface area contributed by atoms with Crippen molar-refractivity contribution in [3.63, 3.8) is 0 Å². The second-order valence-electron chi connectivity index (χ2n) is 4.11. The summed E-state index contributed by atoms with van der Waals surface area (Å²) in [5.41, 5.74) is 6.77. The molecule has 0 saturated carbocycles. The zero-order chi connectivity index (χ0) is 15.4. The van der Waals surface area contributed by atoms with Crippen molar-refractivity contribution in [3.8, 4) is 17.2 Å². The van der Waals surface area contributed by atoms with Gasteiger partial charge >= 0.3 is 5.97 Å². The summed E-state index contributed by atoms with van der Waals surface area (Å²) in [6, 6.07) is 5.21. The number of nitrogens with two attached hydrogens (primary N) is 1. The van der Waals surface area contributed by atoms with Crippen molar-refractivity contribution in [1.82, 2.24) is 9.78 Å². The van der Waals surface area contributed by atoms with E-state index in [1.54, 1.807) is 32.2 Å². The van der Waals surface area contributed by atoms with Crippen molar-refractivity contribution in [1.29, 1.82) is 0 Å². The molecule has 1 aromatic carbocycles. The Balaban J connectivity index is 2.50. The number of rotatable bonds is 5. The number of benzene rings is 1. The van der Waals surface area contributed by atoms with Gasteiger partial charge < -0.3 is 19.9 Å². The number of anilines is 1. The molecule has 112 valence electrons. The zero-order valence-corrected chi connectivity index (χ0v) is 12.1. The summed E-state index contributed by atoms with van der Waals surface area (Å²) >= 11 is 0. The highest BCUT2D eigenvalue weighted by Crippen LogP contribution is 2.29. The molecule has 7 nitrogen and oxygen atoms in total. The first-order chi connectivity index (χ1) is 10.1. The number of aromatic nitrogens is 2. The number of esters is 1. The topological polar surface area (TPSA) is 88.6 Å². The maximum Gasteiger partial charge on any atom is 0.343 e. The minimum Gasteiger partial charge on any atom is -0.497 e. The van der Waals surface area contributed by atoms with Crippen LogP contribution >= 0.6 is 0 Å². The van der Waals surface area contributed by atoms with Gasteiger partial charge in [0, 0.05) is 6.07 Å². The minimum absolute atomic E-state index is 0.181. The van der Waals surface area contributed by atoms with E-state index in [-0.39, 0.29) is 18.0 Å². The van der Waals surface area contributed by atoms with Crippen LogP contribution in [0.2, 0.25) is 0 Å². The molecule has 1 heterocycles. The molecule has 0 spiro atoms. The maximum atomic E-state index is 11.8. The third-order valence-electron chi connectivity index (χ3n) is 2.92. The molecule has 0 radical (unpaired) electrons. The van der Waals surface area contributed by atoms with Crippen molar-refractivity contribution < 1.29 is 19.0 Å². The van der Waals surface area contributed by atoms with Crippen LogP contribution in [0.15, 0.2) is 24.4 Å². The lowest BCUT2D eigenvalue weighted by atomic mass is 10.2. The Bertz CT molecular complexity index is 652. The first-order valence-corrected chi connectivity index (χ1v) is 6.35. The molecule has 0 aliphatic rings. The number of nitrogens with zero attached hydrogens (tertiary/aromatic N) is 2. The molecule has 21 heavy (non-hydrogen) atoms. The molecule has 0 aliphatic carbocycles. The smallest absolute Gasteiger partial charge is 0.343 e. The van der Waals surface area contributed by atoms with Gasteiger partial charge in [-0.2, -0.15) is 5.10 Å². The molecule has 2 rings (SSSR count). The van der Waals surface area contributed by atoms with Crippen molar-refractivity contribution >= 4 is 11.8 Å². The maximum absolute atomic E-state index is 11.8. The molecule has 7 heteroatoms. The van der Waals surface area contributed by atoms with E-state index in [0.717, 1.165) is 0 Å². The molecule has 0 fully saturated rings. The Morgan fingerprint density at radius 2 is 2.10 bits per heavy atom. The number of methoxy groups -OCH3 is 2. The summed E-state index contributed by atoms with van der Waals surface area (Å²) in [7, 11) is 3.10. The van der Waals surface area contributed by atoms with Crippen LogP contribution in [-0.2, 0) is 4.74 Å². The second-order valence-corrected chi connectivity index (χ2v) is 4.11. The lowest BCUT2D eigenvalue weighted by Crippen LogP contribution is -2.09. The van der Waals surface area contributed by atoms with Crippen LogP contribution in [-0.4, -0.2) is 36.6 Å². The van der Waals surface area contributed by atoms with Crippen LogP contribution in [0.5, 0.6) is 11.5 Å². The van der Waals surface area contributed by atoms with Gasteiger partial charge in [0.05, 0.1) is 27.0 Å². The van der Waals surface area contributed by atoms with E-state index in [1.807, 2.05) is 0 Å². The molecule has 0 unspecified atom stereocenters. The minimum atomic E-state index is -0.511. The van der Waals surface area contributed by atoms with E-state index in [9.17, 15) is 4.79 Å². The monoisotopic (exact) mass is 291 g/mol. The molecule has 0 bridgehead atoms. The van der Waals surface area contributed by atoms with Gasteiger partial charge in [-0.15, -0.1) is 0 Å². The van der Waals surface area contributed by atoms with Gasteiger partial charge in [-0.25, -0.2) is 9.48 Å². The van der Waals surface area contributed by atoms with Crippen molar-refractivity contribution in [2.45, 2.75) is 6.92 Å². The predicted octanol–water partition coefficient (Wildman–Crippen LogP) is 1.65. The number of ether oxygens (including phenoxy) is 3. The van der Waals surface area contributed by atoms with E-state index in [4.69, 9.17) is 19.9 Å². The first-order valence-electron chi connectivity index (χ1n) is 6.35. The van der Waals surface area contributed by atoms with Crippen molar-refractivity contribution in [2.75, 3.05) is 26.6 Å². The molecular formula is C14H17N3O4. The quantitative estimate of drug-likeness (QED) is 0.843. The van der Waals surface area contributed by atoms with Crippen molar-refractivity contribution in [3.05, 3.63) is 30.0 Å². The first kappa shape index (κ1) is 14.7. The summed E-state index contributed by atoms with van der Waals surface area (Å²) in [5.74, 6) is 0.850. The average molecular weight is 291 g/mol. The van der Waals surface area contributed by atoms with Gasteiger partial charge in [-0.3, -0.25) is 0 Å². The standard InChI is InChI=1S/C14H17N3O4/c1-4-21-14(18)10-8-16-17(13(10)15)11-7-9(19-2)5-6-12(11)20-3/h5-8H,4,15H2,1-3H3. The van der Waals surface area contributed by atoms with Crippen molar-refractivity contribution in [2.24, 2.45) is 0 Å². The highest BCUT2D eigenvalue weighted by atomic mass is 16.5. The lowest BCUT2D eigenvalue weighted by molar-refractivity contribution is 0.0527. The van der Waals surface area contributed by atoms with Gasteiger partial charge in [0.25, 0.3) is 0 Å². The van der Waals surface area contributed by atoms with Crippen LogP contribution < -0.4 is 15.2 Å². The summed E-state index contributed by atoms with van der Waals surface area (Å²) < 4.78 is 16.8. The van der Waals surface area contributed by atoms with Gasteiger partial charge in [0.15, 0.2) is 0 Å². The summed E-state index contributed by atoms with van der Waals surface area (Å²) in [6.07, 6.45) is 1.37. The second kappa shape index (κ2) is 6.17. The fourth-order valence-corrected chi connectivity index (χ4v) is 1.88.